The molecule has 0 aliphatic rings. The first-order valence-corrected chi connectivity index (χ1v) is 4.37. The normalized spacial score (nSPS) is 12.2. The van der Waals surface area contributed by atoms with Crippen molar-refractivity contribution in [1.29, 1.82) is 0 Å². The van der Waals surface area contributed by atoms with Crippen LogP contribution in [0.5, 0.6) is 5.75 Å². The van der Waals surface area contributed by atoms with Crippen LogP contribution in [0.25, 0.3) is 0 Å². The molecular weight excluding hydrogens is 198 g/mol. The van der Waals surface area contributed by atoms with E-state index in [-0.39, 0.29) is 17.4 Å². The Kier molecular flexibility index (Phi) is 3.65. The van der Waals surface area contributed by atoms with Crippen LogP contribution in [0.3, 0.4) is 0 Å². The highest BCUT2D eigenvalue weighted by atomic mass is 16.6. The molecule has 0 aliphatic carbocycles. The molecule has 3 N–H and O–H groups in total. The second kappa shape index (κ2) is 4.77. The van der Waals surface area contributed by atoms with E-state index in [1.807, 2.05) is 0 Å². The number of phenols is 1. The molecule has 5 nitrogen and oxygen atoms in total. The van der Waals surface area contributed by atoms with Gasteiger partial charge in [-0.25, -0.2) is 10.7 Å². The molecule has 0 saturated carbocycles. The Morgan fingerprint density at radius 3 is 2.73 bits per heavy atom. The predicted octanol–water partition coefficient (Wildman–Crippen LogP) is 1.13. The SMILES string of the molecule is COC(=O)c1cc(C(C)ON)ccc1O. The molecule has 1 aromatic carbocycles. The fourth-order valence-electron chi connectivity index (χ4n) is 1.16. The maximum absolute atomic E-state index is 11.2. The van der Waals surface area contributed by atoms with Gasteiger partial charge in [-0.3, -0.25) is 4.84 Å². The first-order chi connectivity index (χ1) is 7.10. The number of phenolic OH excluding ortho intramolecular Hbond substituents is 1. The number of aromatic hydroxyl groups is 1. The summed E-state index contributed by atoms with van der Waals surface area (Å²) in [6.07, 6.45) is -0.353. The Balaban J connectivity index is 3.10. The van der Waals surface area contributed by atoms with Gasteiger partial charge in [0.05, 0.1) is 7.11 Å². The number of nitrogens with two attached hydrogens (primary N) is 1. The van der Waals surface area contributed by atoms with E-state index in [0.29, 0.717) is 5.56 Å². The van der Waals surface area contributed by atoms with Gasteiger partial charge in [0.25, 0.3) is 0 Å². The second-order valence-electron chi connectivity index (χ2n) is 3.05. The molecule has 0 bridgehead atoms. The highest BCUT2D eigenvalue weighted by Crippen LogP contribution is 2.23. The standard InChI is InChI=1S/C10H13NO4/c1-6(15-11)7-3-4-9(12)8(5-7)10(13)14-2/h3-6,12H,11H2,1-2H3. The highest BCUT2D eigenvalue weighted by molar-refractivity contribution is 5.92. The third-order valence-corrected chi connectivity index (χ3v) is 2.10. The molecule has 0 amide bonds. The molecule has 1 aromatic rings. The summed E-state index contributed by atoms with van der Waals surface area (Å²) < 4.78 is 4.51. The Morgan fingerprint density at radius 2 is 2.20 bits per heavy atom. The maximum Gasteiger partial charge on any atom is 0.341 e. The van der Waals surface area contributed by atoms with Gasteiger partial charge in [0.2, 0.25) is 0 Å². The van der Waals surface area contributed by atoms with Crippen molar-refractivity contribution in [3.63, 3.8) is 0 Å². The van der Waals surface area contributed by atoms with Crippen molar-refractivity contribution < 1.29 is 19.5 Å². The maximum atomic E-state index is 11.2. The van der Waals surface area contributed by atoms with Gasteiger partial charge in [-0.1, -0.05) is 6.07 Å². The number of benzene rings is 1. The predicted molar refractivity (Wildman–Crippen MR) is 53.1 cm³/mol. The molecule has 1 rings (SSSR count). The van der Waals surface area contributed by atoms with E-state index in [1.165, 1.54) is 19.2 Å². The number of ether oxygens (including phenoxy) is 1. The molecule has 0 saturated heterocycles. The Hall–Kier alpha value is -1.59. The largest absolute Gasteiger partial charge is 0.507 e. The number of esters is 1. The van der Waals surface area contributed by atoms with E-state index < -0.39 is 5.97 Å². The van der Waals surface area contributed by atoms with Crippen LogP contribution in [0.1, 0.15) is 28.9 Å². The minimum Gasteiger partial charge on any atom is -0.507 e. The highest BCUT2D eigenvalue weighted by Gasteiger charge is 2.14. The molecule has 0 aromatic heterocycles. The molecule has 1 unspecified atom stereocenters. The first-order valence-electron chi connectivity index (χ1n) is 4.37. The van der Waals surface area contributed by atoms with Crippen LogP contribution < -0.4 is 5.90 Å². The van der Waals surface area contributed by atoms with Crippen LogP contribution in [0.15, 0.2) is 18.2 Å². The molecule has 0 heterocycles. The van der Waals surface area contributed by atoms with Gasteiger partial charge in [0, 0.05) is 0 Å². The van der Waals surface area contributed by atoms with E-state index in [0.717, 1.165) is 0 Å². The third-order valence-electron chi connectivity index (χ3n) is 2.10. The quantitative estimate of drug-likeness (QED) is 0.578. The van der Waals surface area contributed by atoms with Crippen LogP contribution in [0.4, 0.5) is 0 Å². The Bertz CT molecular complexity index is 364. The van der Waals surface area contributed by atoms with Crippen molar-refractivity contribution in [2.75, 3.05) is 7.11 Å². The lowest BCUT2D eigenvalue weighted by atomic mass is 10.1. The molecule has 0 aliphatic heterocycles. The van der Waals surface area contributed by atoms with E-state index in [9.17, 15) is 9.90 Å². The topological polar surface area (TPSA) is 81.8 Å². The van der Waals surface area contributed by atoms with Crippen LogP contribution in [0.2, 0.25) is 0 Å². The summed E-state index contributed by atoms with van der Waals surface area (Å²) >= 11 is 0. The molecule has 0 fully saturated rings. The lowest BCUT2D eigenvalue weighted by Crippen LogP contribution is -2.08. The van der Waals surface area contributed by atoms with E-state index in [1.54, 1.807) is 13.0 Å². The summed E-state index contributed by atoms with van der Waals surface area (Å²) in [5, 5.41) is 9.42. The summed E-state index contributed by atoms with van der Waals surface area (Å²) in [4.78, 5) is 15.9. The van der Waals surface area contributed by atoms with E-state index in [4.69, 9.17) is 5.90 Å². The average Bonchev–Trinajstić information content (AvgIpc) is 2.27. The van der Waals surface area contributed by atoms with Gasteiger partial charge in [0.1, 0.15) is 17.4 Å². The van der Waals surface area contributed by atoms with Gasteiger partial charge in [0.15, 0.2) is 0 Å². The number of hydrogen-bond donors (Lipinski definition) is 2. The van der Waals surface area contributed by atoms with Crippen molar-refractivity contribution in [1.82, 2.24) is 0 Å². The molecular formula is C10H13NO4. The minimum atomic E-state index is -0.599. The van der Waals surface area contributed by atoms with Crippen molar-refractivity contribution >= 4 is 5.97 Å². The number of carbonyl (C=O) groups excluding carboxylic acids is 1. The van der Waals surface area contributed by atoms with Gasteiger partial charge in [-0.05, 0) is 24.6 Å². The van der Waals surface area contributed by atoms with Gasteiger partial charge < -0.3 is 9.84 Å². The zero-order valence-corrected chi connectivity index (χ0v) is 8.56. The fourth-order valence-corrected chi connectivity index (χ4v) is 1.16. The first kappa shape index (κ1) is 11.5. The number of rotatable bonds is 3. The lowest BCUT2D eigenvalue weighted by molar-refractivity contribution is 0.0591. The Morgan fingerprint density at radius 1 is 1.53 bits per heavy atom. The lowest BCUT2D eigenvalue weighted by Gasteiger charge is -2.10. The van der Waals surface area contributed by atoms with E-state index in [2.05, 4.69) is 9.57 Å². The van der Waals surface area contributed by atoms with Crippen LogP contribution in [0, 0.1) is 0 Å². The summed E-state index contributed by atoms with van der Waals surface area (Å²) in [5.41, 5.74) is 0.787. The summed E-state index contributed by atoms with van der Waals surface area (Å²) in [6, 6.07) is 4.51. The molecule has 82 valence electrons. The number of hydrogen-bond acceptors (Lipinski definition) is 5. The zero-order chi connectivity index (χ0) is 11.4. The fraction of sp³-hybridized carbons (Fsp3) is 0.300. The van der Waals surface area contributed by atoms with Crippen molar-refractivity contribution in [3.8, 4) is 5.75 Å². The minimum absolute atomic E-state index is 0.0962. The van der Waals surface area contributed by atoms with Crippen molar-refractivity contribution in [2.45, 2.75) is 13.0 Å². The average molecular weight is 211 g/mol. The molecule has 1 atom stereocenters. The number of carbonyl (C=O) groups is 1. The number of methoxy groups -OCH3 is 1. The third kappa shape index (κ3) is 2.45. The molecule has 5 heteroatoms. The monoisotopic (exact) mass is 211 g/mol. The molecule has 0 radical (unpaired) electrons. The van der Waals surface area contributed by atoms with Crippen molar-refractivity contribution in [2.24, 2.45) is 5.90 Å². The molecule has 15 heavy (non-hydrogen) atoms. The van der Waals surface area contributed by atoms with Gasteiger partial charge >= 0.3 is 5.97 Å². The van der Waals surface area contributed by atoms with Crippen molar-refractivity contribution in [3.05, 3.63) is 29.3 Å². The van der Waals surface area contributed by atoms with Gasteiger partial charge in [-0.15, -0.1) is 0 Å². The van der Waals surface area contributed by atoms with Gasteiger partial charge in [-0.2, -0.15) is 0 Å². The smallest absolute Gasteiger partial charge is 0.341 e. The zero-order valence-electron chi connectivity index (χ0n) is 8.56. The van der Waals surface area contributed by atoms with Crippen LogP contribution >= 0.6 is 0 Å². The summed E-state index contributed by atoms with van der Waals surface area (Å²) in [7, 11) is 1.25. The van der Waals surface area contributed by atoms with Crippen LogP contribution in [-0.4, -0.2) is 18.2 Å². The second-order valence-corrected chi connectivity index (χ2v) is 3.05. The summed E-state index contributed by atoms with van der Waals surface area (Å²) in [6.45, 7) is 1.73. The Labute approximate surface area is 87.4 Å². The molecule has 0 spiro atoms. The van der Waals surface area contributed by atoms with E-state index >= 15 is 0 Å². The summed E-state index contributed by atoms with van der Waals surface area (Å²) in [5.74, 6) is 4.29. The van der Waals surface area contributed by atoms with Crippen LogP contribution in [-0.2, 0) is 9.57 Å².